The average Bonchev–Trinajstić information content (AvgIpc) is 2.21. The van der Waals surface area contributed by atoms with Crippen LogP contribution in [0.3, 0.4) is 0 Å². The van der Waals surface area contributed by atoms with E-state index in [9.17, 15) is 4.39 Å². The lowest BCUT2D eigenvalue weighted by molar-refractivity contribution is -0.00776. The Labute approximate surface area is 108 Å². The smallest absolute Gasteiger partial charge is 0.138 e. The van der Waals surface area contributed by atoms with E-state index in [4.69, 9.17) is 16.3 Å². The van der Waals surface area contributed by atoms with Gasteiger partial charge in [-0.1, -0.05) is 41.4 Å². The molecule has 0 radical (unpaired) electrons. The molecule has 2 atom stereocenters. The van der Waals surface area contributed by atoms with Crippen LogP contribution in [0.25, 0.3) is 0 Å². The molecule has 0 aliphatic heterocycles. The van der Waals surface area contributed by atoms with Crippen LogP contribution in [-0.4, -0.2) is 10.9 Å². The van der Waals surface area contributed by atoms with E-state index in [1.807, 2.05) is 0 Å². The topological polar surface area (TPSA) is 9.23 Å². The summed E-state index contributed by atoms with van der Waals surface area (Å²) in [6.45, 7) is 4.27. The van der Waals surface area contributed by atoms with Gasteiger partial charge in [-0.3, -0.25) is 0 Å². The molecule has 1 nitrogen and oxygen atoms in total. The van der Waals surface area contributed by atoms with Crippen LogP contribution in [0.15, 0.2) is 18.2 Å². The Kier molecular flexibility index (Phi) is 3.19. The Hall–Kier alpha value is -0.280. The second-order valence-electron chi connectivity index (χ2n) is 4.71. The van der Waals surface area contributed by atoms with E-state index < -0.39 is 0 Å². The van der Waals surface area contributed by atoms with Gasteiger partial charge in [0.25, 0.3) is 0 Å². The van der Waals surface area contributed by atoms with Crippen LogP contribution >= 0.6 is 27.5 Å². The van der Waals surface area contributed by atoms with Gasteiger partial charge in [-0.05, 0) is 24.6 Å². The van der Waals surface area contributed by atoms with Crippen molar-refractivity contribution in [1.82, 2.24) is 0 Å². The highest BCUT2D eigenvalue weighted by molar-refractivity contribution is 9.09. The van der Waals surface area contributed by atoms with Crippen molar-refractivity contribution in [2.24, 2.45) is 5.41 Å². The normalized spacial score (nSPS) is 27.3. The predicted octanol–water partition coefficient (Wildman–Crippen LogP) is 4.42. The third kappa shape index (κ3) is 2.07. The van der Waals surface area contributed by atoms with Gasteiger partial charge < -0.3 is 4.74 Å². The first-order chi connectivity index (χ1) is 7.41. The van der Waals surface area contributed by atoms with Crippen molar-refractivity contribution in [2.45, 2.75) is 31.2 Å². The molecule has 2 unspecified atom stereocenters. The van der Waals surface area contributed by atoms with Crippen LogP contribution in [-0.2, 0) is 0 Å². The van der Waals surface area contributed by atoms with E-state index in [1.54, 1.807) is 6.07 Å². The van der Waals surface area contributed by atoms with Crippen LogP contribution in [0.4, 0.5) is 4.39 Å². The molecular formula is C12H13BrClFO. The lowest BCUT2D eigenvalue weighted by Crippen LogP contribution is -2.53. The molecule has 0 saturated heterocycles. The molecule has 1 aliphatic carbocycles. The first-order valence-corrected chi connectivity index (χ1v) is 6.46. The number of hydrogen-bond donors (Lipinski definition) is 0. The Morgan fingerprint density at radius 3 is 2.69 bits per heavy atom. The molecule has 1 aliphatic rings. The number of benzene rings is 1. The van der Waals surface area contributed by atoms with Crippen LogP contribution in [0, 0.1) is 11.2 Å². The van der Waals surface area contributed by atoms with Crippen LogP contribution in [0.2, 0.25) is 5.02 Å². The summed E-state index contributed by atoms with van der Waals surface area (Å²) in [6, 6.07) is 4.21. The highest BCUT2D eigenvalue weighted by Crippen LogP contribution is 2.48. The molecule has 16 heavy (non-hydrogen) atoms. The summed E-state index contributed by atoms with van der Waals surface area (Å²) in [6.07, 6.45) is 1.07. The van der Waals surface area contributed by atoms with Gasteiger partial charge in [-0.25, -0.2) is 4.39 Å². The molecule has 4 heteroatoms. The van der Waals surface area contributed by atoms with Crippen molar-refractivity contribution < 1.29 is 9.13 Å². The number of halogens is 3. The molecule has 0 N–H and O–H groups in total. The van der Waals surface area contributed by atoms with Gasteiger partial charge in [0.1, 0.15) is 17.7 Å². The highest BCUT2D eigenvalue weighted by Gasteiger charge is 2.48. The third-order valence-electron chi connectivity index (χ3n) is 3.22. The summed E-state index contributed by atoms with van der Waals surface area (Å²) in [5, 5.41) is 0.328. The summed E-state index contributed by atoms with van der Waals surface area (Å²) in [5.41, 5.74) is 0.0811. The first kappa shape index (κ1) is 12.2. The molecule has 0 bridgehead atoms. The molecule has 0 aromatic heterocycles. The van der Waals surface area contributed by atoms with E-state index in [1.165, 1.54) is 12.1 Å². The Morgan fingerprint density at radius 2 is 2.19 bits per heavy atom. The molecule has 1 aromatic carbocycles. The summed E-state index contributed by atoms with van der Waals surface area (Å²) in [7, 11) is 0. The van der Waals surface area contributed by atoms with E-state index in [2.05, 4.69) is 29.8 Å². The van der Waals surface area contributed by atoms with E-state index in [-0.39, 0.29) is 17.3 Å². The molecule has 0 amide bonds. The van der Waals surface area contributed by atoms with Gasteiger partial charge in [-0.2, -0.15) is 0 Å². The van der Waals surface area contributed by atoms with E-state index in [0.29, 0.717) is 15.6 Å². The summed E-state index contributed by atoms with van der Waals surface area (Å²) in [5.74, 6) is 0.212. The maximum atomic E-state index is 12.8. The minimum absolute atomic E-state index is 0.0811. The summed E-state index contributed by atoms with van der Waals surface area (Å²) >= 11 is 9.50. The van der Waals surface area contributed by atoms with Gasteiger partial charge in [-0.15, -0.1) is 0 Å². The molecule has 1 aromatic rings. The van der Waals surface area contributed by atoms with Gasteiger partial charge in [0.05, 0.1) is 5.02 Å². The van der Waals surface area contributed by atoms with Crippen molar-refractivity contribution in [1.29, 1.82) is 0 Å². The zero-order valence-electron chi connectivity index (χ0n) is 9.14. The zero-order valence-corrected chi connectivity index (χ0v) is 11.5. The lowest BCUT2D eigenvalue weighted by atomic mass is 9.69. The second-order valence-corrected chi connectivity index (χ2v) is 6.22. The van der Waals surface area contributed by atoms with Crippen molar-refractivity contribution in [3.05, 3.63) is 29.0 Å². The standard InChI is InChI=1S/C12H13BrClFO/c1-12(2)10(13)6-11(12)16-9-4-3-7(15)5-8(9)14/h3-5,10-11H,6H2,1-2H3. The minimum Gasteiger partial charge on any atom is -0.488 e. The van der Waals surface area contributed by atoms with Gasteiger partial charge in [0.15, 0.2) is 0 Å². The van der Waals surface area contributed by atoms with Crippen LogP contribution < -0.4 is 4.74 Å². The fourth-order valence-electron chi connectivity index (χ4n) is 1.76. The van der Waals surface area contributed by atoms with Crippen molar-refractivity contribution >= 4 is 27.5 Å². The highest BCUT2D eigenvalue weighted by atomic mass is 79.9. The van der Waals surface area contributed by atoms with Gasteiger partial charge in [0, 0.05) is 10.2 Å². The maximum absolute atomic E-state index is 12.8. The fourth-order valence-corrected chi connectivity index (χ4v) is 2.61. The van der Waals surface area contributed by atoms with Gasteiger partial charge >= 0.3 is 0 Å². The molecule has 0 spiro atoms. The minimum atomic E-state index is -0.344. The van der Waals surface area contributed by atoms with Crippen molar-refractivity contribution in [2.75, 3.05) is 0 Å². The largest absolute Gasteiger partial charge is 0.488 e. The number of hydrogen-bond acceptors (Lipinski definition) is 1. The zero-order chi connectivity index (χ0) is 11.9. The molecular weight excluding hydrogens is 294 g/mol. The lowest BCUT2D eigenvalue weighted by Gasteiger charge is -2.48. The van der Waals surface area contributed by atoms with Crippen LogP contribution in [0.1, 0.15) is 20.3 Å². The van der Waals surface area contributed by atoms with Crippen molar-refractivity contribution in [3.63, 3.8) is 0 Å². The molecule has 1 fully saturated rings. The number of rotatable bonds is 2. The quantitative estimate of drug-likeness (QED) is 0.735. The maximum Gasteiger partial charge on any atom is 0.138 e. The summed E-state index contributed by atoms with van der Waals surface area (Å²) in [4.78, 5) is 0.462. The predicted molar refractivity (Wildman–Crippen MR) is 66.9 cm³/mol. The second kappa shape index (κ2) is 4.19. The molecule has 0 heterocycles. The monoisotopic (exact) mass is 306 g/mol. The Morgan fingerprint density at radius 1 is 1.50 bits per heavy atom. The molecule has 1 saturated carbocycles. The molecule has 88 valence electrons. The Bertz CT molecular complexity index is 408. The van der Waals surface area contributed by atoms with Crippen molar-refractivity contribution in [3.8, 4) is 5.75 Å². The molecule has 2 rings (SSSR count). The van der Waals surface area contributed by atoms with Crippen LogP contribution in [0.5, 0.6) is 5.75 Å². The SMILES string of the molecule is CC1(C)C(Br)CC1Oc1ccc(F)cc1Cl. The first-order valence-electron chi connectivity index (χ1n) is 5.17. The third-order valence-corrected chi connectivity index (χ3v) is 5.07. The Balaban J connectivity index is 2.11. The van der Waals surface area contributed by atoms with Gasteiger partial charge in [0.2, 0.25) is 0 Å². The average molecular weight is 308 g/mol. The fraction of sp³-hybridized carbons (Fsp3) is 0.500. The van der Waals surface area contributed by atoms with E-state index in [0.717, 1.165) is 6.42 Å². The summed E-state index contributed by atoms with van der Waals surface area (Å²) < 4.78 is 18.6. The number of ether oxygens (including phenoxy) is 1. The number of alkyl halides is 1. The van der Waals surface area contributed by atoms with E-state index >= 15 is 0 Å².